The van der Waals surface area contributed by atoms with Gasteiger partial charge in [0.15, 0.2) is 0 Å². The normalized spacial score (nSPS) is 24.9. The molecule has 116 valence electrons. The summed E-state index contributed by atoms with van der Waals surface area (Å²) in [7, 11) is 0. The molecule has 1 saturated heterocycles. The molecule has 1 aromatic heterocycles. The number of thiazole rings is 1. The molecule has 2 aliphatic rings. The van der Waals surface area contributed by atoms with E-state index < -0.39 is 0 Å². The van der Waals surface area contributed by atoms with Crippen LogP contribution in [0.25, 0.3) is 0 Å². The maximum absolute atomic E-state index is 12.3. The van der Waals surface area contributed by atoms with Crippen LogP contribution in [0.4, 0.5) is 4.79 Å². The van der Waals surface area contributed by atoms with Crippen molar-refractivity contribution in [3.8, 4) is 0 Å². The van der Waals surface area contributed by atoms with Gasteiger partial charge in [-0.1, -0.05) is 19.8 Å². The Morgan fingerprint density at radius 1 is 1.43 bits per heavy atom. The number of amides is 2. The Hall–Kier alpha value is -1.10. The predicted octanol–water partition coefficient (Wildman–Crippen LogP) is 3.22. The van der Waals surface area contributed by atoms with Crippen LogP contribution in [-0.4, -0.2) is 35.0 Å². The van der Waals surface area contributed by atoms with Gasteiger partial charge in [-0.05, 0) is 31.6 Å². The zero-order chi connectivity index (χ0) is 14.7. The monoisotopic (exact) mass is 307 g/mol. The fourth-order valence-electron chi connectivity index (χ4n) is 3.66. The second-order valence-corrected chi connectivity index (χ2v) is 7.35. The molecule has 0 bridgehead atoms. The van der Waals surface area contributed by atoms with Crippen molar-refractivity contribution in [2.75, 3.05) is 13.1 Å². The van der Waals surface area contributed by atoms with Crippen LogP contribution < -0.4 is 5.32 Å². The highest BCUT2D eigenvalue weighted by atomic mass is 32.1. The second kappa shape index (κ2) is 6.77. The van der Waals surface area contributed by atoms with Gasteiger partial charge < -0.3 is 10.2 Å². The quantitative estimate of drug-likeness (QED) is 0.928. The van der Waals surface area contributed by atoms with Gasteiger partial charge in [0.05, 0.1) is 5.01 Å². The SMILES string of the molecule is CCc1cnc(CCNC(=O)N2CC[C@H]3CCCC[C@H]32)s1. The first kappa shape index (κ1) is 14.8. The summed E-state index contributed by atoms with van der Waals surface area (Å²) in [6, 6.07) is 0.641. The highest BCUT2D eigenvalue weighted by Crippen LogP contribution is 2.35. The zero-order valence-corrected chi connectivity index (χ0v) is 13.6. The molecule has 0 aromatic carbocycles. The van der Waals surface area contributed by atoms with Gasteiger partial charge in [-0.2, -0.15) is 0 Å². The third-order valence-corrected chi connectivity index (χ3v) is 6.04. The lowest BCUT2D eigenvalue weighted by molar-refractivity contribution is 0.170. The Morgan fingerprint density at radius 2 is 2.29 bits per heavy atom. The Bertz CT molecular complexity index is 488. The Kier molecular flexibility index (Phi) is 4.78. The summed E-state index contributed by atoms with van der Waals surface area (Å²) in [5.74, 6) is 0.760. The number of nitrogens with zero attached hydrogens (tertiary/aromatic N) is 2. The van der Waals surface area contributed by atoms with Crippen LogP contribution in [0.5, 0.6) is 0 Å². The molecule has 5 heteroatoms. The summed E-state index contributed by atoms with van der Waals surface area (Å²) in [5, 5.41) is 4.22. The van der Waals surface area contributed by atoms with Crippen molar-refractivity contribution in [2.24, 2.45) is 5.92 Å². The molecule has 21 heavy (non-hydrogen) atoms. The molecule has 2 heterocycles. The Balaban J connectivity index is 1.45. The number of urea groups is 1. The molecular formula is C16H25N3OS. The minimum atomic E-state index is 0.136. The van der Waals surface area contributed by atoms with Gasteiger partial charge in [-0.25, -0.2) is 9.78 Å². The largest absolute Gasteiger partial charge is 0.338 e. The van der Waals surface area contributed by atoms with Gasteiger partial charge in [0, 0.05) is 36.6 Å². The third-order valence-electron chi connectivity index (χ3n) is 4.84. The predicted molar refractivity (Wildman–Crippen MR) is 85.7 cm³/mol. The third kappa shape index (κ3) is 3.39. The number of nitrogens with one attached hydrogen (secondary N) is 1. The van der Waals surface area contributed by atoms with Gasteiger partial charge in [0.1, 0.15) is 0 Å². The number of fused-ring (bicyclic) bond motifs is 1. The first-order valence-corrected chi connectivity index (χ1v) is 9.07. The molecule has 1 saturated carbocycles. The second-order valence-electron chi connectivity index (χ2n) is 6.15. The molecule has 4 nitrogen and oxygen atoms in total. The van der Waals surface area contributed by atoms with Crippen LogP contribution in [0.3, 0.4) is 0 Å². The van der Waals surface area contributed by atoms with E-state index in [9.17, 15) is 4.79 Å². The number of hydrogen-bond acceptors (Lipinski definition) is 3. The smallest absolute Gasteiger partial charge is 0.317 e. The number of rotatable bonds is 4. The van der Waals surface area contributed by atoms with E-state index in [2.05, 4.69) is 22.1 Å². The van der Waals surface area contributed by atoms with Gasteiger partial charge in [-0.15, -0.1) is 11.3 Å². The number of aryl methyl sites for hydroxylation is 1. The molecule has 1 aliphatic carbocycles. The van der Waals surface area contributed by atoms with Crippen molar-refractivity contribution in [3.05, 3.63) is 16.1 Å². The lowest BCUT2D eigenvalue weighted by atomic mass is 9.85. The Labute approximate surface area is 130 Å². The highest BCUT2D eigenvalue weighted by Gasteiger charge is 2.37. The summed E-state index contributed by atoms with van der Waals surface area (Å²) >= 11 is 1.76. The molecule has 0 radical (unpaired) electrons. The van der Waals surface area contributed by atoms with Crippen molar-refractivity contribution in [2.45, 2.75) is 57.9 Å². The molecule has 1 aromatic rings. The van der Waals surface area contributed by atoms with Crippen molar-refractivity contribution in [1.29, 1.82) is 0 Å². The van der Waals surface area contributed by atoms with Crippen LogP contribution in [0.1, 0.15) is 48.9 Å². The van der Waals surface area contributed by atoms with E-state index in [1.54, 1.807) is 11.3 Å². The van der Waals surface area contributed by atoms with E-state index in [1.165, 1.54) is 37.0 Å². The summed E-state index contributed by atoms with van der Waals surface area (Å²) in [4.78, 5) is 20.2. The molecule has 1 N–H and O–H groups in total. The minimum absolute atomic E-state index is 0.136. The number of aromatic nitrogens is 1. The van der Waals surface area contributed by atoms with Crippen molar-refractivity contribution >= 4 is 17.4 Å². The van der Waals surface area contributed by atoms with Crippen LogP contribution in [-0.2, 0) is 12.8 Å². The zero-order valence-electron chi connectivity index (χ0n) is 12.8. The van der Waals surface area contributed by atoms with Crippen molar-refractivity contribution in [3.63, 3.8) is 0 Å². The lowest BCUT2D eigenvalue weighted by Gasteiger charge is -2.31. The number of carbonyl (C=O) groups excluding carboxylic acids is 1. The van der Waals surface area contributed by atoms with Crippen LogP contribution in [0.15, 0.2) is 6.20 Å². The molecular weight excluding hydrogens is 282 g/mol. The van der Waals surface area contributed by atoms with E-state index >= 15 is 0 Å². The van der Waals surface area contributed by atoms with Gasteiger partial charge in [0.25, 0.3) is 0 Å². The minimum Gasteiger partial charge on any atom is -0.338 e. The fraction of sp³-hybridized carbons (Fsp3) is 0.750. The first-order valence-electron chi connectivity index (χ1n) is 8.26. The van der Waals surface area contributed by atoms with E-state index in [1.807, 2.05) is 6.20 Å². The lowest BCUT2D eigenvalue weighted by Crippen LogP contribution is -2.45. The van der Waals surface area contributed by atoms with Crippen molar-refractivity contribution < 1.29 is 4.79 Å². The molecule has 2 amide bonds. The summed E-state index contributed by atoms with van der Waals surface area (Å²) in [6.07, 6.45) is 10.2. The maximum atomic E-state index is 12.3. The molecule has 2 atom stereocenters. The van der Waals surface area contributed by atoms with Gasteiger partial charge in [-0.3, -0.25) is 0 Å². The standard InChI is InChI=1S/C16H25N3OS/c1-2-13-11-18-15(21-13)7-9-17-16(20)19-10-8-12-5-3-4-6-14(12)19/h11-12,14H,2-10H2,1H3,(H,17,20)/t12-,14-/m1/s1. The number of hydrogen-bond donors (Lipinski definition) is 1. The Morgan fingerprint density at radius 3 is 3.10 bits per heavy atom. The van der Waals surface area contributed by atoms with E-state index in [4.69, 9.17) is 0 Å². The molecule has 0 spiro atoms. The molecule has 0 unspecified atom stereocenters. The topological polar surface area (TPSA) is 45.2 Å². The average Bonchev–Trinajstić information content (AvgIpc) is 3.13. The van der Waals surface area contributed by atoms with Crippen molar-refractivity contribution in [1.82, 2.24) is 15.2 Å². The molecule has 2 fully saturated rings. The van der Waals surface area contributed by atoms with E-state index in [-0.39, 0.29) is 6.03 Å². The summed E-state index contributed by atoms with van der Waals surface area (Å²) < 4.78 is 0. The summed E-state index contributed by atoms with van der Waals surface area (Å²) in [6.45, 7) is 3.79. The van der Waals surface area contributed by atoms with Crippen LogP contribution >= 0.6 is 11.3 Å². The van der Waals surface area contributed by atoms with Gasteiger partial charge >= 0.3 is 6.03 Å². The maximum Gasteiger partial charge on any atom is 0.317 e. The van der Waals surface area contributed by atoms with Gasteiger partial charge in [0.2, 0.25) is 0 Å². The van der Waals surface area contributed by atoms with E-state index in [0.29, 0.717) is 12.6 Å². The molecule has 3 rings (SSSR count). The average molecular weight is 307 g/mol. The fourth-order valence-corrected chi connectivity index (χ4v) is 4.52. The van der Waals surface area contributed by atoms with Crippen LogP contribution in [0.2, 0.25) is 0 Å². The highest BCUT2D eigenvalue weighted by molar-refractivity contribution is 7.11. The molecule has 1 aliphatic heterocycles. The number of likely N-dealkylation sites (tertiary alicyclic amines) is 1. The summed E-state index contributed by atoms with van der Waals surface area (Å²) in [5.41, 5.74) is 0. The number of carbonyl (C=O) groups is 1. The first-order chi connectivity index (χ1) is 10.3. The van der Waals surface area contributed by atoms with Crippen LogP contribution in [0, 0.1) is 5.92 Å². The van der Waals surface area contributed by atoms with E-state index in [0.717, 1.165) is 30.3 Å².